The number of sulfonamides is 1. The van der Waals surface area contributed by atoms with Crippen molar-refractivity contribution in [1.82, 2.24) is 0 Å². The summed E-state index contributed by atoms with van der Waals surface area (Å²) in [7, 11) is -3.62. The molecule has 0 aromatic heterocycles. The van der Waals surface area contributed by atoms with Gasteiger partial charge in [0.15, 0.2) is 0 Å². The van der Waals surface area contributed by atoms with Gasteiger partial charge in [-0.25, -0.2) is 13.6 Å². The van der Waals surface area contributed by atoms with Crippen LogP contribution in [0.5, 0.6) is 0 Å². The van der Waals surface area contributed by atoms with Crippen molar-refractivity contribution in [3.8, 4) is 0 Å². The van der Waals surface area contributed by atoms with E-state index in [-0.39, 0.29) is 23.3 Å². The van der Waals surface area contributed by atoms with Gasteiger partial charge in [0.25, 0.3) is 0 Å². The monoisotopic (exact) mass is 250 g/mol. The van der Waals surface area contributed by atoms with Crippen LogP contribution in [0.15, 0.2) is 29.2 Å². The van der Waals surface area contributed by atoms with Gasteiger partial charge in [0.1, 0.15) is 0 Å². The highest BCUT2D eigenvalue weighted by Gasteiger charge is 2.10. The summed E-state index contributed by atoms with van der Waals surface area (Å²) >= 11 is 0. The maximum absolute atomic E-state index is 11.0. The minimum atomic E-state index is -3.62. The lowest BCUT2D eigenvalue weighted by Crippen LogP contribution is -2.14. The van der Waals surface area contributed by atoms with Gasteiger partial charge in [-0.05, 0) is 24.1 Å². The molecule has 1 rings (SSSR count). The minimum absolute atomic E-state index is 0. The minimum Gasteiger partial charge on any atom is -0.324 e. The van der Waals surface area contributed by atoms with Crippen LogP contribution in [0.4, 0.5) is 0 Å². The lowest BCUT2D eigenvalue weighted by atomic mass is 10.1. The van der Waals surface area contributed by atoms with Crippen LogP contribution in [0.1, 0.15) is 24.9 Å². The first-order valence-corrected chi connectivity index (χ1v) is 5.88. The molecule has 0 aliphatic rings. The van der Waals surface area contributed by atoms with E-state index in [0.717, 1.165) is 12.0 Å². The first kappa shape index (κ1) is 14.4. The molecule has 0 saturated carbocycles. The molecule has 1 aromatic rings. The molecule has 4 nitrogen and oxygen atoms in total. The zero-order chi connectivity index (χ0) is 10.8. The fraction of sp³-hybridized carbons (Fsp3) is 0.333. The van der Waals surface area contributed by atoms with Crippen LogP contribution in [0.3, 0.4) is 0 Å². The van der Waals surface area contributed by atoms with Crippen LogP contribution in [0.25, 0.3) is 0 Å². The van der Waals surface area contributed by atoms with Crippen molar-refractivity contribution in [3.05, 3.63) is 29.8 Å². The Morgan fingerprint density at radius 1 is 1.40 bits per heavy atom. The fourth-order valence-electron chi connectivity index (χ4n) is 1.16. The standard InChI is InChI=1S/C9H14N2O2S.ClH/c1-2-9(10)7-4-3-5-8(6-7)14(11,12)13;/h3-6,9H,2,10H2,1H3,(H2,11,12,13);1H. The van der Waals surface area contributed by atoms with E-state index in [4.69, 9.17) is 10.9 Å². The third-order valence-electron chi connectivity index (χ3n) is 2.05. The summed E-state index contributed by atoms with van der Waals surface area (Å²) in [5, 5.41) is 5.00. The van der Waals surface area contributed by atoms with Crippen LogP contribution in [-0.2, 0) is 10.0 Å². The van der Waals surface area contributed by atoms with E-state index < -0.39 is 10.0 Å². The number of benzene rings is 1. The van der Waals surface area contributed by atoms with Crippen LogP contribution in [0.2, 0.25) is 0 Å². The molecular formula is C9H15ClN2O2S. The van der Waals surface area contributed by atoms with Crippen molar-refractivity contribution < 1.29 is 8.42 Å². The molecule has 0 aliphatic carbocycles. The number of hydrogen-bond acceptors (Lipinski definition) is 3. The van der Waals surface area contributed by atoms with Crippen molar-refractivity contribution in [1.29, 1.82) is 0 Å². The molecule has 1 unspecified atom stereocenters. The maximum atomic E-state index is 11.0. The Kier molecular flexibility index (Phi) is 5.23. The average molecular weight is 251 g/mol. The number of halogens is 1. The summed E-state index contributed by atoms with van der Waals surface area (Å²) in [6, 6.07) is 6.27. The molecule has 1 aromatic carbocycles. The highest BCUT2D eigenvalue weighted by Crippen LogP contribution is 2.17. The molecule has 15 heavy (non-hydrogen) atoms. The molecule has 0 amide bonds. The molecule has 0 bridgehead atoms. The zero-order valence-corrected chi connectivity index (χ0v) is 10.0. The predicted octanol–water partition coefficient (Wildman–Crippen LogP) is 1.17. The third kappa shape index (κ3) is 3.79. The van der Waals surface area contributed by atoms with E-state index in [9.17, 15) is 8.42 Å². The molecule has 0 saturated heterocycles. The number of rotatable bonds is 3. The number of nitrogens with two attached hydrogens (primary N) is 2. The SMILES string of the molecule is CCC(N)c1cccc(S(N)(=O)=O)c1.Cl. The van der Waals surface area contributed by atoms with Gasteiger partial charge >= 0.3 is 0 Å². The summed E-state index contributed by atoms with van der Waals surface area (Å²) in [6.45, 7) is 1.94. The van der Waals surface area contributed by atoms with Gasteiger partial charge in [0, 0.05) is 6.04 Å². The van der Waals surface area contributed by atoms with E-state index in [1.807, 2.05) is 6.92 Å². The molecule has 6 heteroatoms. The van der Waals surface area contributed by atoms with Gasteiger partial charge in [-0.15, -0.1) is 12.4 Å². The van der Waals surface area contributed by atoms with Gasteiger partial charge < -0.3 is 5.73 Å². The second-order valence-electron chi connectivity index (χ2n) is 3.13. The molecule has 0 radical (unpaired) electrons. The smallest absolute Gasteiger partial charge is 0.238 e. The van der Waals surface area contributed by atoms with Gasteiger partial charge in [-0.2, -0.15) is 0 Å². The Morgan fingerprint density at radius 3 is 2.47 bits per heavy atom. The highest BCUT2D eigenvalue weighted by atomic mass is 35.5. The predicted molar refractivity (Wildman–Crippen MR) is 62.3 cm³/mol. The number of hydrogen-bond donors (Lipinski definition) is 2. The Balaban J connectivity index is 0.00000196. The second-order valence-corrected chi connectivity index (χ2v) is 4.69. The molecule has 0 fully saturated rings. The van der Waals surface area contributed by atoms with Crippen molar-refractivity contribution in [2.24, 2.45) is 10.9 Å². The van der Waals surface area contributed by atoms with Crippen LogP contribution < -0.4 is 10.9 Å². The quantitative estimate of drug-likeness (QED) is 0.844. The summed E-state index contributed by atoms with van der Waals surface area (Å²) in [6.07, 6.45) is 0.758. The Hall–Kier alpha value is -0.620. The Morgan fingerprint density at radius 2 is 2.00 bits per heavy atom. The van der Waals surface area contributed by atoms with Crippen molar-refractivity contribution in [2.45, 2.75) is 24.3 Å². The van der Waals surface area contributed by atoms with Gasteiger partial charge in [-0.3, -0.25) is 0 Å². The van der Waals surface area contributed by atoms with Crippen LogP contribution >= 0.6 is 12.4 Å². The molecule has 1 atom stereocenters. The van der Waals surface area contributed by atoms with Crippen molar-refractivity contribution in [2.75, 3.05) is 0 Å². The summed E-state index contributed by atoms with van der Waals surface area (Å²) in [4.78, 5) is 0.110. The van der Waals surface area contributed by atoms with Gasteiger partial charge in [0.2, 0.25) is 10.0 Å². The third-order valence-corrected chi connectivity index (χ3v) is 2.97. The molecule has 4 N–H and O–H groups in total. The fourth-order valence-corrected chi connectivity index (χ4v) is 1.73. The van der Waals surface area contributed by atoms with Gasteiger partial charge in [-0.1, -0.05) is 19.1 Å². The Bertz CT molecular complexity index is 420. The second kappa shape index (κ2) is 5.46. The van der Waals surface area contributed by atoms with E-state index in [1.54, 1.807) is 12.1 Å². The summed E-state index contributed by atoms with van der Waals surface area (Å²) in [5.74, 6) is 0. The van der Waals surface area contributed by atoms with Crippen LogP contribution in [-0.4, -0.2) is 8.42 Å². The maximum Gasteiger partial charge on any atom is 0.238 e. The number of primary sulfonamides is 1. The molecule has 0 aliphatic heterocycles. The zero-order valence-electron chi connectivity index (χ0n) is 8.38. The highest BCUT2D eigenvalue weighted by molar-refractivity contribution is 7.89. The molecule has 86 valence electrons. The summed E-state index contributed by atoms with van der Waals surface area (Å²) < 4.78 is 22.1. The van der Waals surface area contributed by atoms with Crippen molar-refractivity contribution >= 4 is 22.4 Å². The average Bonchev–Trinajstić information content (AvgIpc) is 2.15. The van der Waals surface area contributed by atoms with E-state index in [0.29, 0.717) is 0 Å². The van der Waals surface area contributed by atoms with E-state index >= 15 is 0 Å². The molecular weight excluding hydrogens is 236 g/mol. The van der Waals surface area contributed by atoms with Crippen molar-refractivity contribution in [3.63, 3.8) is 0 Å². The summed E-state index contributed by atoms with van der Waals surface area (Å²) in [5.41, 5.74) is 6.56. The van der Waals surface area contributed by atoms with E-state index in [2.05, 4.69) is 0 Å². The molecule has 0 spiro atoms. The molecule has 0 heterocycles. The first-order valence-electron chi connectivity index (χ1n) is 4.33. The topological polar surface area (TPSA) is 86.2 Å². The lowest BCUT2D eigenvalue weighted by molar-refractivity contribution is 0.597. The largest absolute Gasteiger partial charge is 0.324 e. The van der Waals surface area contributed by atoms with Crippen LogP contribution in [0, 0.1) is 0 Å². The normalized spacial score (nSPS) is 13.0. The van der Waals surface area contributed by atoms with Gasteiger partial charge in [0.05, 0.1) is 4.90 Å². The first-order chi connectivity index (χ1) is 6.45. The Labute approximate surface area is 96.1 Å². The van der Waals surface area contributed by atoms with E-state index in [1.165, 1.54) is 12.1 Å². The lowest BCUT2D eigenvalue weighted by Gasteiger charge is -2.09.